The highest BCUT2D eigenvalue weighted by Crippen LogP contribution is 2.39. The third kappa shape index (κ3) is 3.46. The third-order valence-corrected chi connectivity index (χ3v) is 5.31. The van der Waals surface area contributed by atoms with Crippen molar-refractivity contribution in [3.05, 3.63) is 97.3 Å². The fourth-order valence-electron chi connectivity index (χ4n) is 3.07. The van der Waals surface area contributed by atoms with E-state index in [1.165, 1.54) is 0 Å². The lowest BCUT2D eigenvalue weighted by molar-refractivity contribution is 0.464. The first-order chi connectivity index (χ1) is 13.3. The zero-order valence-electron chi connectivity index (χ0n) is 15.1. The van der Waals surface area contributed by atoms with Gasteiger partial charge in [-0.25, -0.2) is 4.98 Å². The first kappa shape index (κ1) is 17.4. The molecular weight excluding hydrogens is 350 g/mol. The summed E-state index contributed by atoms with van der Waals surface area (Å²) in [6.07, 6.45) is 7.74. The molecule has 132 valence electrons. The van der Waals surface area contributed by atoms with Gasteiger partial charge < -0.3 is 4.42 Å². The molecule has 0 atom stereocenters. The fraction of sp³-hybridized carbons (Fsp3) is 0.0417. The zero-order chi connectivity index (χ0) is 18.6. The molecule has 0 unspecified atom stereocenters. The average molecular weight is 369 g/mol. The summed E-state index contributed by atoms with van der Waals surface area (Å²) in [5, 5.41) is 3.12. The smallest absolute Gasteiger partial charge is 0.165 e. The highest BCUT2D eigenvalue weighted by molar-refractivity contribution is 7.99. The van der Waals surface area contributed by atoms with Crippen LogP contribution in [0.15, 0.2) is 106 Å². The Morgan fingerprint density at radius 2 is 1.63 bits per heavy atom. The number of furan rings is 1. The van der Waals surface area contributed by atoms with Crippen LogP contribution < -0.4 is 0 Å². The van der Waals surface area contributed by atoms with Crippen LogP contribution in [0.2, 0.25) is 0 Å². The van der Waals surface area contributed by atoms with Gasteiger partial charge in [-0.05, 0) is 31.2 Å². The summed E-state index contributed by atoms with van der Waals surface area (Å²) >= 11 is 1.64. The Kier molecular flexibility index (Phi) is 4.95. The van der Waals surface area contributed by atoms with Crippen molar-refractivity contribution in [1.82, 2.24) is 4.98 Å². The Bertz CT molecular complexity index is 1130. The molecular formula is C24H19NOS. The van der Waals surface area contributed by atoms with Gasteiger partial charge in [0, 0.05) is 21.2 Å². The second-order valence-corrected chi connectivity index (χ2v) is 7.07. The number of aromatic nitrogens is 1. The second-order valence-electron chi connectivity index (χ2n) is 6.05. The molecule has 27 heavy (non-hydrogen) atoms. The van der Waals surface area contributed by atoms with E-state index in [1.807, 2.05) is 61.5 Å². The molecule has 2 aromatic carbocycles. The van der Waals surface area contributed by atoms with Gasteiger partial charge in [0.2, 0.25) is 0 Å². The highest BCUT2D eigenvalue weighted by Gasteiger charge is 2.13. The van der Waals surface area contributed by atoms with E-state index in [2.05, 4.69) is 30.8 Å². The molecule has 0 saturated carbocycles. The van der Waals surface area contributed by atoms with Gasteiger partial charge in [-0.3, -0.25) is 0 Å². The van der Waals surface area contributed by atoms with Crippen LogP contribution in [0.4, 0.5) is 0 Å². The number of benzene rings is 2. The SMILES string of the molecule is C=CC=C(C=CC)c1ccc(Sc2c3ccccc3nc3ccccc23)o1. The minimum Gasteiger partial charge on any atom is -0.450 e. The van der Waals surface area contributed by atoms with E-state index in [0.29, 0.717) is 0 Å². The number of para-hydroxylation sites is 2. The number of pyridine rings is 1. The van der Waals surface area contributed by atoms with Crippen LogP contribution >= 0.6 is 11.8 Å². The lowest BCUT2D eigenvalue weighted by atomic mass is 10.1. The summed E-state index contributed by atoms with van der Waals surface area (Å²) in [6, 6.07) is 20.5. The molecule has 0 amide bonds. The van der Waals surface area contributed by atoms with Gasteiger partial charge >= 0.3 is 0 Å². The van der Waals surface area contributed by atoms with E-state index in [-0.39, 0.29) is 0 Å². The maximum atomic E-state index is 6.13. The fourth-order valence-corrected chi connectivity index (χ4v) is 4.10. The normalized spacial score (nSPS) is 12.3. The van der Waals surface area contributed by atoms with Crippen molar-refractivity contribution in [3.8, 4) is 0 Å². The number of fused-ring (bicyclic) bond motifs is 2. The molecule has 2 nitrogen and oxygen atoms in total. The summed E-state index contributed by atoms with van der Waals surface area (Å²) < 4.78 is 6.13. The Labute approximate surface area is 162 Å². The van der Waals surface area contributed by atoms with Crippen LogP contribution in [0.25, 0.3) is 27.4 Å². The standard InChI is InChI=1S/C24H19NOS/c1-3-9-17(10-4-2)22-15-16-23(26-22)27-24-18-11-5-7-13-20(18)25-21-14-8-6-12-19(21)24/h3-16H,1H2,2H3. The number of hydrogen-bond acceptors (Lipinski definition) is 3. The molecule has 0 saturated heterocycles. The van der Waals surface area contributed by atoms with Crippen LogP contribution in [0.3, 0.4) is 0 Å². The molecule has 2 aromatic heterocycles. The van der Waals surface area contributed by atoms with E-state index in [4.69, 9.17) is 9.40 Å². The molecule has 2 heterocycles. The van der Waals surface area contributed by atoms with Crippen molar-refractivity contribution in [1.29, 1.82) is 0 Å². The quantitative estimate of drug-likeness (QED) is 0.273. The van der Waals surface area contributed by atoms with Gasteiger partial charge in [0.1, 0.15) is 5.76 Å². The van der Waals surface area contributed by atoms with Gasteiger partial charge in [0.05, 0.1) is 11.0 Å². The maximum absolute atomic E-state index is 6.13. The Morgan fingerprint density at radius 1 is 0.963 bits per heavy atom. The molecule has 3 heteroatoms. The van der Waals surface area contributed by atoms with E-state index in [9.17, 15) is 0 Å². The molecule has 0 spiro atoms. The zero-order valence-corrected chi connectivity index (χ0v) is 15.9. The van der Waals surface area contributed by atoms with Gasteiger partial charge in [-0.15, -0.1) is 0 Å². The monoisotopic (exact) mass is 369 g/mol. The van der Waals surface area contributed by atoms with E-state index in [0.717, 1.165) is 43.1 Å². The summed E-state index contributed by atoms with van der Waals surface area (Å²) in [5.74, 6) is 0.832. The first-order valence-corrected chi connectivity index (χ1v) is 9.63. The lowest BCUT2D eigenvalue weighted by Crippen LogP contribution is -1.86. The first-order valence-electron chi connectivity index (χ1n) is 8.81. The van der Waals surface area contributed by atoms with Gasteiger partial charge in [-0.1, -0.05) is 79.0 Å². The number of hydrogen-bond donors (Lipinski definition) is 0. The van der Waals surface area contributed by atoms with E-state index in [1.54, 1.807) is 17.8 Å². The van der Waals surface area contributed by atoms with Crippen molar-refractivity contribution in [2.45, 2.75) is 16.9 Å². The predicted octanol–water partition coefficient (Wildman–Crippen LogP) is 7.28. The number of allylic oxidation sites excluding steroid dienone is 5. The van der Waals surface area contributed by atoms with Gasteiger partial charge in [0.15, 0.2) is 5.09 Å². The molecule has 0 bridgehead atoms. The molecule has 0 fully saturated rings. The summed E-state index contributed by atoms with van der Waals surface area (Å²) in [5.41, 5.74) is 2.99. The second kappa shape index (κ2) is 7.68. The van der Waals surface area contributed by atoms with Crippen LogP contribution in [-0.4, -0.2) is 4.98 Å². The van der Waals surface area contributed by atoms with Crippen molar-refractivity contribution in [2.75, 3.05) is 0 Å². The van der Waals surface area contributed by atoms with E-state index >= 15 is 0 Å². The molecule has 0 radical (unpaired) electrons. The molecule has 4 rings (SSSR count). The van der Waals surface area contributed by atoms with Crippen molar-refractivity contribution < 1.29 is 4.42 Å². The van der Waals surface area contributed by atoms with Crippen LogP contribution in [0, 0.1) is 0 Å². The predicted molar refractivity (Wildman–Crippen MR) is 115 cm³/mol. The molecule has 0 aliphatic heterocycles. The van der Waals surface area contributed by atoms with Crippen LogP contribution in [-0.2, 0) is 0 Å². The van der Waals surface area contributed by atoms with Crippen molar-refractivity contribution in [3.63, 3.8) is 0 Å². The third-order valence-electron chi connectivity index (χ3n) is 4.25. The lowest BCUT2D eigenvalue weighted by Gasteiger charge is -2.09. The summed E-state index contributed by atoms with van der Waals surface area (Å²) in [7, 11) is 0. The molecule has 0 aliphatic rings. The van der Waals surface area contributed by atoms with Crippen molar-refractivity contribution in [2.24, 2.45) is 0 Å². The minimum absolute atomic E-state index is 0.832. The van der Waals surface area contributed by atoms with Crippen LogP contribution in [0.5, 0.6) is 0 Å². The van der Waals surface area contributed by atoms with Crippen LogP contribution in [0.1, 0.15) is 12.7 Å². The summed E-state index contributed by atoms with van der Waals surface area (Å²) in [6.45, 7) is 5.78. The Balaban J connectivity index is 1.82. The topological polar surface area (TPSA) is 26.0 Å². The average Bonchev–Trinajstić information content (AvgIpc) is 3.16. The largest absolute Gasteiger partial charge is 0.450 e. The minimum atomic E-state index is 0.832. The summed E-state index contributed by atoms with van der Waals surface area (Å²) in [4.78, 5) is 5.95. The van der Waals surface area contributed by atoms with Crippen molar-refractivity contribution >= 4 is 39.1 Å². The van der Waals surface area contributed by atoms with Gasteiger partial charge in [-0.2, -0.15) is 0 Å². The number of rotatable bonds is 5. The maximum Gasteiger partial charge on any atom is 0.165 e. The molecule has 4 aromatic rings. The Hall–Kier alpha value is -3.04. The molecule has 0 N–H and O–H groups in total. The highest BCUT2D eigenvalue weighted by atomic mass is 32.2. The van der Waals surface area contributed by atoms with E-state index < -0.39 is 0 Å². The molecule has 0 aliphatic carbocycles. The van der Waals surface area contributed by atoms with Gasteiger partial charge in [0.25, 0.3) is 0 Å². The Morgan fingerprint density at radius 3 is 2.26 bits per heavy atom. The number of nitrogens with zero attached hydrogens (tertiary/aromatic N) is 1.